The fraction of sp³-hybridized carbons (Fsp3) is 0.954. The molecule has 6 atom stereocenters. The molecule has 0 aromatic carbocycles. The molecule has 0 radical (unpaired) electrons. The lowest BCUT2D eigenvalue weighted by atomic mass is 9.99. The van der Waals surface area contributed by atoms with Crippen molar-refractivity contribution in [1.29, 1.82) is 0 Å². The van der Waals surface area contributed by atoms with Gasteiger partial charge >= 0.3 is 39.5 Å². The molecule has 17 nitrogen and oxygen atoms in total. The summed E-state index contributed by atoms with van der Waals surface area (Å²) in [5, 5.41) is 10.7. The Bertz CT molecular complexity index is 2050. The number of hydrogen-bond donors (Lipinski definition) is 3. The van der Waals surface area contributed by atoms with Crippen molar-refractivity contribution in [3.05, 3.63) is 0 Å². The molecule has 0 fully saturated rings. The van der Waals surface area contributed by atoms with Gasteiger partial charge in [0.1, 0.15) is 19.3 Å². The van der Waals surface area contributed by atoms with Crippen LogP contribution in [0.1, 0.15) is 459 Å². The predicted molar refractivity (Wildman–Crippen MR) is 437 cm³/mol. The number of aliphatic hydroxyl groups is 1. The molecule has 0 bridgehead atoms. The first-order chi connectivity index (χ1) is 51.3. The summed E-state index contributed by atoms with van der Waals surface area (Å²) in [6.45, 7) is 12.0. The van der Waals surface area contributed by atoms with Crippen LogP contribution in [0, 0.1) is 17.8 Å². The molecule has 3 unspecified atom stereocenters. The highest BCUT2D eigenvalue weighted by atomic mass is 31.2. The van der Waals surface area contributed by atoms with Crippen LogP contribution in [-0.2, 0) is 65.4 Å². The average molecular weight is 1550 g/mol. The molecular weight excluding hydrogens is 1380 g/mol. The van der Waals surface area contributed by atoms with Crippen LogP contribution in [0.5, 0.6) is 0 Å². The summed E-state index contributed by atoms with van der Waals surface area (Å²) in [6, 6.07) is 0. The van der Waals surface area contributed by atoms with Crippen LogP contribution in [0.15, 0.2) is 0 Å². The van der Waals surface area contributed by atoms with E-state index in [0.717, 1.165) is 108 Å². The molecule has 0 saturated carbocycles. The Labute approximate surface area is 651 Å². The lowest BCUT2D eigenvalue weighted by Gasteiger charge is -2.21. The molecule has 0 rings (SSSR count). The van der Waals surface area contributed by atoms with E-state index in [1.165, 1.54) is 270 Å². The number of phosphoric ester groups is 2. The summed E-state index contributed by atoms with van der Waals surface area (Å²) >= 11 is 0. The highest BCUT2D eigenvalue weighted by molar-refractivity contribution is 7.47. The average Bonchev–Trinajstić information content (AvgIpc) is 0.899. The van der Waals surface area contributed by atoms with Crippen molar-refractivity contribution in [2.45, 2.75) is 478 Å². The fourth-order valence-corrected chi connectivity index (χ4v) is 15.1. The molecule has 106 heavy (non-hydrogen) atoms. The van der Waals surface area contributed by atoms with Gasteiger partial charge in [-0.2, -0.15) is 0 Å². The summed E-state index contributed by atoms with van der Waals surface area (Å²) in [6.07, 6.45) is 68.1. The summed E-state index contributed by atoms with van der Waals surface area (Å²) in [5.74, 6) is 0.270. The minimum atomic E-state index is -4.97. The molecule has 0 aliphatic heterocycles. The van der Waals surface area contributed by atoms with Crippen LogP contribution in [-0.4, -0.2) is 96.7 Å². The Morgan fingerprint density at radius 3 is 0.717 bits per heavy atom. The molecule has 630 valence electrons. The smallest absolute Gasteiger partial charge is 0.462 e. The molecule has 0 aliphatic rings. The van der Waals surface area contributed by atoms with Crippen LogP contribution in [0.2, 0.25) is 0 Å². The van der Waals surface area contributed by atoms with E-state index >= 15 is 0 Å². The van der Waals surface area contributed by atoms with Gasteiger partial charge in [-0.1, -0.05) is 408 Å². The Morgan fingerprint density at radius 2 is 0.481 bits per heavy atom. The summed E-state index contributed by atoms with van der Waals surface area (Å²) in [5.41, 5.74) is 0. The Kier molecular flexibility index (Phi) is 75.6. The molecule has 19 heteroatoms. The van der Waals surface area contributed by atoms with Crippen LogP contribution in [0.3, 0.4) is 0 Å². The zero-order valence-electron chi connectivity index (χ0n) is 69.9. The standard InChI is InChI=1S/C87H170O17P2/c1-8-10-11-12-13-14-15-16-17-18-22-25-28-34-39-47-54-61-68-84(89)97-74-82(103-86(91)70-63-56-49-40-35-29-26-23-20-19-21-24-27-33-38-46-53-60-67-80(7)9-2)76-101-105(93,94)99-72-81(88)73-100-106(95,96)102-77-83(75-98-85(90)69-62-55-48-43-42-45-52-59-66-79(5)6)104-87(92)71-64-57-50-41-36-31-30-32-37-44-51-58-65-78(3)4/h78-83,88H,8-77H2,1-7H3,(H,93,94)(H,95,96)/t80?,81-,82-,83-/m1/s1. The first kappa shape index (κ1) is 104. The second-order valence-electron chi connectivity index (χ2n) is 32.5. The molecule has 3 N–H and O–H groups in total. The van der Waals surface area contributed by atoms with Crippen LogP contribution in [0.4, 0.5) is 0 Å². The molecular formula is C87H170O17P2. The number of esters is 4. The highest BCUT2D eigenvalue weighted by Crippen LogP contribution is 2.45. The number of phosphoric acid groups is 2. The Balaban J connectivity index is 5.24. The van der Waals surface area contributed by atoms with E-state index in [0.29, 0.717) is 25.7 Å². The molecule has 0 aromatic heterocycles. The van der Waals surface area contributed by atoms with E-state index < -0.39 is 97.5 Å². The zero-order valence-corrected chi connectivity index (χ0v) is 71.7. The van der Waals surface area contributed by atoms with Gasteiger partial charge in [0, 0.05) is 25.7 Å². The first-order valence-electron chi connectivity index (χ1n) is 44.9. The van der Waals surface area contributed by atoms with E-state index in [-0.39, 0.29) is 25.7 Å². The van der Waals surface area contributed by atoms with Gasteiger partial charge in [-0.15, -0.1) is 0 Å². The van der Waals surface area contributed by atoms with E-state index in [1.54, 1.807) is 0 Å². The number of unbranched alkanes of at least 4 members (excludes halogenated alkanes) is 52. The minimum Gasteiger partial charge on any atom is -0.462 e. The van der Waals surface area contributed by atoms with Gasteiger partial charge in [0.2, 0.25) is 0 Å². The molecule has 0 amide bonds. The van der Waals surface area contributed by atoms with Gasteiger partial charge in [-0.25, -0.2) is 9.13 Å². The molecule has 0 spiro atoms. The van der Waals surface area contributed by atoms with Crippen LogP contribution < -0.4 is 0 Å². The maximum Gasteiger partial charge on any atom is 0.472 e. The minimum absolute atomic E-state index is 0.106. The highest BCUT2D eigenvalue weighted by Gasteiger charge is 2.31. The van der Waals surface area contributed by atoms with Gasteiger partial charge < -0.3 is 33.8 Å². The summed E-state index contributed by atoms with van der Waals surface area (Å²) in [7, 11) is -9.93. The monoisotopic (exact) mass is 1550 g/mol. The van der Waals surface area contributed by atoms with E-state index in [9.17, 15) is 43.2 Å². The Morgan fingerprint density at radius 1 is 0.274 bits per heavy atom. The van der Waals surface area contributed by atoms with Gasteiger partial charge in [-0.3, -0.25) is 37.3 Å². The largest absolute Gasteiger partial charge is 0.472 e. The lowest BCUT2D eigenvalue weighted by Crippen LogP contribution is -2.30. The van der Waals surface area contributed by atoms with Crippen molar-refractivity contribution >= 4 is 39.5 Å². The third kappa shape index (κ3) is 78.7. The van der Waals surface area contributed by atoms with Crippen LogP contribution in [0.25, 0.3) is 0 Å². The Hall–Kier alpha value is -1.94. The van der Waals surface area contributed by atoms with E-state index in [1.807, 2.05) is 0 Å². The fourth-order valence-electron chi connectivity index (χ4n) is 13.5. The third-order valence-electron chi connectivity index (χ3n) is 20.7. The normalized spacial score (nSPS) is 14.1. The second kappa shape index (κ2) is 77.0. The maximum atomic E-state index is 13.2. The molecule has 0 saturated heterocycles. The number of aliphatic hydroxyl groups excluding tert-OH is 1. The van der Waals surface area contributed by atoms with Gasteiger partial charge in [0.25, 0.3) is 0 Å². The number of hydrogen-bond acceptors (Lipinski definition) is 15. The molecule has 0 aromatic rings. The molecule has 0 heterocycles. The van der Waals surface area contributed by atoms with E-state index in [4.69, 9.17) is 37.0 Å². The first-order valence-corrected chi connectivity index (χ1v) is 47.9. The van der Waals surface area contributed by atoms with Gasteiger partial charge in [0.15, 0.2) is 12.2 Å². The number of rotatable bonds is 85. The van der Waals surface area contributed by atoms with Crippen molar-refractivity contribution < 1.29 is 80.2 Å². The third-order valence-corrected chi connectivity index (χ3v) is 22.6. The summed E-state index contributed by atoms with van der Waals surface area (Å²) in [4.78, 5) is 73.3. The lowest BCUT2D eigenvalue weighted by molar-refractivity contribution is -0.161. The topological polar surface area (TPSA) is 237 Å². The number of carbonyl (C=O) groups excluding carboxylic acids is 4. The van der Waals surface area contributed by atoms with Crippen molar-refractivity contribution in [1.82, 2.24) is 0 Å². The zero-order chi connectivity index (χ0) is 77.9. The number of ether oxygens (including phenoxy) is 4. The quantitative estimate of drug-likeness (QED) is 0.0222. The van der Waals surface area contributed by atoms with Gasteiger partial charge in [0.05, 0.1) is 26.4 Å². The predicted octanol–water partition coefficient (Wildman–Crippen LogP) is 26.5. The van der Waals surface area contributed by atoms with Crippen molar-refractivity contribution in [3.63, 3.8) is 0 Å². The maximum absolute atomic E-state index is 13.2. The van der Waals surface area contributed by atoms with Crippen molar-refractivity contribution in [2.75, 3.05) is 39.6 Å². The van der Waals surface area contributed by atoms with Crippen molar-refractivity contribution in [3.8, 4) is 0 Å². The number of carbonyl (C=O) groups is 4. The SMILES string of the molecule is CCCCCCCCCCCCCCCCCCCCC(=O)OC[C@H](COP(=O)(O)OC[C@@H](O)COP(=O)(O)OC[C@@H](COC(=O)CCCCCCCCCCC(C)C)OC(=O)CCCCCCCCCCCCCCC(C)C)OC(=O)CCCCCCCCCCCCCCCCCCCCC(C)CC. The van der Waals surface area contributed by atoms with Crippen molar-refractivity contribution in [2.24, 2.45) is 17.8 Å². The summed E-state index contributed by atoms with van der Waals surface area (Å²) < 4.78 is 68.9. The van der Waals surface area contributed by atoms with Gasteiger partial charge in [-0.05, 0) is 43.4 Å². The van der Waals surface area contributed by atoms with Crippen LogP contribution >= 0.6 is 15.6 Å². The second-order valence-corrected chi connectivity index (χ2v) is 35.4. The van der Waals surface area contributed by atoms with E-state index in [2.05, 4.69) is 48.5 Å². The molecule has 0 aliphatic carbocycles.